The average molecular weight is 319 g/mol. The van der Waals surface area contributed by atoms with Gasteiger partial charge in [0.2, 0.25) is 5.91 Å². The van der Waals surface area contributed by atoms with E-state index in [4.69, 9.17) is 5.73 Å². The molecule has 3 heterocycles. The number of anilines is 1. The van der Waals surface area contributed by atoms with Gasteiger partial charge >= 0.3 is 0 Å². The van der Waals surface area contributed by atoms with Crippen LogP contribution in [0, 0.1) is 5.92 Å². The van der Waals surface area contributed by atoms with Gasteiger partial charge in [-0.25, -0.2) is 4.98 Å². The molecule has 1 saturated carbocycles. The van der Waals surface area contributed by atoms with Gasteiger partial charge in [-0.1, -0.05) is 0 Å². The molecule has 6 heteroatoms. The monoisotopic (exact) mass is 319 g/mol. The van der Waals surface area contributed by atoms with Crippen molar-refractivity contribution in [3.8, 4) is 0 Å². The highest BCUT2D eigenvalue weighted by molar-refractivity contribution is 7.13. The number of carbonyl (C=O) groups is 1. The molecule has 1 aliphatic heterocycles. The van der Waals surface area contributed by atoms with Crippen molar-refractivity contribution in [2.75, 3.05) is 12.3 Å². The van der Waals surface area contributed by atoms with Gasteiger partial charge in [-0.15, -0.1) is 22.7 Å². The summed E-state index contributed by atoms with van der Waals surface area (Å²) in [6.07, 6.45) is 3.85. The lowest BCUT2D eigenvalue weighted by atomic mass is 9.95. The highest BCUT2D eigenvalue weighted by Crippen LogP contribution is 2.48. The van der Waals surface area contributed by atoms with Crippen LogP contribution in [-0.4, -0.2) is 22.3 Å². The highest BCUT2D eigenvalue weighted by atomic mass is 32.1. The van der Waals surface area contributed by atoms with Crippen molar-refractivity contribution in [1.29, 1.82) is 0 Å². The Morgan fingerprint density at radius 2 is 2.29 bits per heavy atom. The molecular formula is C15H17N3OS2. The summed E-state index contributed by atoms with van der Waals surface area (Å²) in [5.41, 5.74) is 7.84. The highest BCUT2D eigenvalue weighted by Gasteiger charge is 2.41. The molecule has 0 spiro atoms. The van der Waals surface area contributed by atoms with E-state index in [0.29, 0.717) is 23.5 Å². The summed E-state index contributed by atoms with van der Waals surface area (Å²) in [5, 5.41) is 4.59. The Morgan fingerprint density at radius 3 is 3.00 bits per heavy atom. The molecule has 21 heavy (non-hydrogen) atoms. The lowest BCUT2D eigenvalue weighted by molar-refractivity contribution is -0.134. The molecule has 1 aliphatic carbocycles. The van der Waals surface area contributed by atoms with Crippen LogP contribution >= 0.6 is 22.7 Å². The first-order valence-electron chi connectivity index (χ1n) is 7.28. The van der Waals surface area contributed by atoms with Crippen molar-refractivity contribution >= 4 is 33.7 Å². The van der Waals surface area contributed by atoms with E-state index in [2.05, 4.69) is 21.3 Å². The number of amides is 1. The molecule has 1 unspecified atom stereocenters. The Labute approximate surface area is 131 Å². The van der Waals surface area contributed by atoms with E-state index in [1.807, 2.05) is 16.7 Å². The molecule has 0 radical (unpaired) electrons. The number of hydrogen-bond donors (Lipinski definition) is 1. The van der Waals surface area contributed by atoms with Crippen molar-refractivity contribution < 1.29 is 4.79 Å². The Morgan fingerprint density at radius 1 is 1.43 bits per heavy atom. The number of thiophene rings is 1. The zero-order chi connectivity index (χ0) is 14.4. The average Bonchev–Trinajstić information content (AvgIpc) is 3.05. The van der Waals surface area contributed by atoms with Gasteiger partial charge in [-0.05, 0) is 42.2 Å². The number of rotatable bonds is 3. The lowest BCUT2D eigenvalue weighted by Gasteiger charge is -2.36. The van der Waals surface area contributed by atoms with E-state index < -0.39 is 0 Å². The smallest absolute Gasteiger partial charge is 0.229 e. The lowest BCUT2D eigenvalue weighted by Crippen LogP contribution is -2.41. The normalized spacial score (nSPS) is 21.3. The Bertz CT molecular complexity index is 674. The number of aromatic nitrogens is 1. The van der Waals surface area contributed by atoms with Crippen molar-refractivity contribution in [2.45, 2.75) is 31.7 Å². The van der Waals surface area contributed by atoms with Gasteiger partial charge in [-0.3, -0.25) is 4.79 Å². The maximum atomic E-state index is 12.7. The summed E-state index contributed by atoms with van der Waals surface area (Å²) >= 11 is 3.23. The van der Waals surface area contributed by atoms with Crippen LogP contribution in [0.2, 0.25) is 0 Å². The zero-order valence-electron chi connectivity index (χ0n) is 11.6. The van der Waals surface area contributed by atoms with Crippen molar-refractivity contribution in [2.24, 2.45) is 5.92 Å². The Balaban J connectivity index is 1.57. The Hall–Kier alpha value is -1.40. The van der Waals surface area contributed by atoms with Crippen molar-refractivity contribution in [3.63, 3.8) is 0 Å². The van der Waals surface area contributed by atoms with Crippen LogP contribution in [0.1, 0.15) is 35.0 Å². The van der Waals surface area contributed by atoms with Crippen molar-refractivity contribution in [3.05, 3.63) is 33.0 Å². The Kier molecular flexibility index (Phi) is 3.23. The summed E-state index contributed by atoms with van der Waals surface area (Å²) in [5.74, 6) is 0.845. The molecule has 1 amide bonds. The first-order chi connectivity index (χ1) is 10.2. The minimum Gasteiger partial charge on any atom is -0.375 e. The molecule has 4 rings (SSSR count). The van der Waals surface area contributed by atoms with Gasteiger partial charge in [0.15, 0.2) is 5.13 Å². The van der Waals surface area contributed by atoms with E-state index in [-0.39, 0.29) is 5.91 Å². The predicted molar refractivity (Wildman–Crippen MR) is 85.4 cm³/mol. The molecule has 4 nitrogen and oxygen atoms in total. The van der Waals surface area contributed by atoms with Crippen LogP contribution in [0.15, 0.2) is 16.8 Å². The molecule has 2 N–H and O–H groups in total. The molecule has 0 bridgehead atoms. The van der Waals surface area contributed by atoms with Crippen LogP contribution in [-0.2, 0) is 17.6 Å². The van der Waals surface area contributed by atoms with E-state index >= 15 is 0 Å². The maximum Gasteiger partial charge on any atom is 0.229 e. The fraction of sp³-hybridized carbons (Fsp3) is 0.467. The van der Waals surface area contributed by atoms with Crippen LogP contribution in [0.25, 0.3) is 0 Å². The maximum absolute atomic E-state index is 12.7. The minimum absolute atomic E-state index is 0.189. The topological polar surface area (TPSA) is 59.2 Å². The van der Waals surface area contributed by atoms with Gasteiger partial charge in [0.1, 0.15) is 0 Å². The van der Waals surface area contributed by atoms with E-state index in [1.165, 1.54) is 34.6 Å². The molecule has 2 aromatic rings. The summed E-state index contributed by atoms with van der Waals surface area (Å²) in [6.45, 7) is 0.840. The molecule has 110 valence electrons. The van der Waals surface area contributed by atoms with Gasteiger partial charge in [0, 0.05) is 16.8 Å². The summed E-state index contributed by atoms with van der Waals surface area (Å²) in [6, 6.07) is 2.51. The summed E-state index contributed by atoms with van der Waals surface area (Å²) < 4.78 is 0. The first-order valence-corrected chi connectivity index (χ1v) is 9.04. The van der Waals surface area contributed by atoms with Crippen LogP contribution in [0.3, 0.4) is 0 Å². The third-order valence-electron chi connectivity index (χ3n) is 4.30. The van der Waals surface area contributed by atoms with Gasteiger partial charge in [-0.2, -0.15) is 0 Å². The second-order valence-corrected chi connectivity index (χ2v) is 7.66. The number of nitrogens with two attached hydrogens (primary N) is 1. The van der Waals surface area contributed by atoms with Gasteiger partial charge < -0.3 is 10.6 Å². The van der Waals surface area contributed by atoms with E-state index in [0.717, 1.165) is 18.7 Å². The van der Waals surface area contributed by atoms with Crippen LogP contribution in [0.4, 0.5) is 5.13 Å². The molecular weight excluding hydrogens is 302 g/mol. The van der Waals surface area contributed by atoms with Crippen LogP contribution in [0.5, 0.6) is 0 Å². The number of fused-ring (bicyclic) bond motifs is 1. The summed E-state index contributed by atoms with van der Waals surface area (Å²) in [4.78, 5) is 20.5. The third-order valence-corrected chi connectivity index (χ3v) is 6.02. The van der Waals surface area contributed by atoms with E-state index in [1.54, 1.807) is 0 Å². The van der Waals surface area contributed by atoms with Crippen LogP contribution < -0.4 is 5.73 Å². The van der Waals surface area contributed by atoms with E-state index in [9.17, 15) is 4.79 Å². The fourth-order valence-electron chi connectivity index (χ4n) is 3.21. The molecule has 1 fully saturated rings. The number of hydrogen-bond acceptors (Lipinski definition) is 5. The standard InChI is InChI=1S/C15H17N3OS2/c16-15-17-10(8-21-15)7-13(19)18-5-3-12-11(4-6-20-12)14(18)9-1-2-9/h4,6,8-9,14H,1-3,5,7H2,(H2,16,17). The number of nitrogen functional groups attached to an aromatic ring is 1. The minimum atomic E-state index is 0.189. The van der Waals surface area contributed by atoms with Gasteiger partial charge in [0.05, 0.1) is 18.2 Å². The SMILES string of the molecule is Nc1nc(CC(=O)N2CCc3sccc3C2C2CC2)cs1. The molecule has 2 aromatic heterocycles. The molecule has 0 saturated heterocycles. The number of thiazole rings is 1. The van der Waals surface area contributed by atoms with Gasteiger partial charge in [0.25, 0.3) is 0 Å². The fourth-order valence-corrected chi connectivity index (χ4v) is 4.68. The third kappa shape index (κ3) is 2.46. The largest absolute Gasteiger partial charge is 0.375 e. The first kappa shape index (κ1) is 13.3. The predicted octanol–water partition coefficient (Wildman–Crippen LogP) is 2.87. The second-order valence-electron chi connectivity index (χ2n) is 5.77. The number of nitrogens with zero attached hydrogens (tertiary/aromatic N) is 2. The summed E-state index contributed by atoms with van der Waals surface area (Å²) in [7, 11) is 0. The molecule has 1 atom stereocenters. The zero-order valence-corrected chi connectivity index (χ0v) is 13.3. The molecule has 2 aliphatic rings. The number of carbonyl (C=O) groups excluding carboxylic acids is 1. The van der Waals surface area contributed by atoms with Crippen molar-refractivity contribution in [1.82, 2.24) is 9.88 Å². The second kappa shape index (κ2) is 5.10. The molecule has 0 aromatic carbocycles. The quantitative estimate of drug-likeness (QED) is 0.946.